The molecule has 1 aromatic heterocycles. The molecule has 0 bridgehead atoms. The minimum Gasteiger partial charge on any atom is -0.383 e. The molecule has 0 aliphatic rings. The number of nitrogens with one attached hydrogen (secondary N) is 2. The third-order valence-corrected chi connectivity index (χ3v) is 2.70. The highest BCUT2D eigenvalue weighted by Crippen LogP contribution is 2.21. The Morgan fingerprint density at radius 3 is 2.67 bits per heavy atom. The van der Waals surface area contributed by atoms with Crippen LogP contribution in [-0.2, 0) is 9.53 Å². The zero-order chi connectivity index (χ0) is 14.3. The number of ether oxygens (including phenoxy) is 1. The van der Waals surface area contributed by atoms with E-state index in [1.165, 1.54) is 13.3 Å². The van der Waals surface area contributed by atoms with Crippen molar-refractivity contribution in [2.24, 2.45) is 5.73 Å². The largest absolute Gasteiger partial charge is 0.383 e. The van der Waals surface area contributed by atoms with Gasteiger partial charge >= 0.3 is 0 Å². The molecule has 4 N–H and O–H groups in total. The number of rotatable bonds is 7. The van der Waals surface area contributed by atoms with Crippen LogP contribution in [-0.4, -0.2) is 43.7 Å². The molecule has 1 unspecified atom stereocenters. The van der Waals surface area contributed by atoms with Crippen molar-refractivity contribution in [2.75, 3.05) is 32.1 Å². The molecule has 6 nitrogen and oxygen atoms in total. The van der Waals surface area contributed by atoms with Crippen molar-refractivity contribution in [3.8, 4) is 0 Å². The van der Waals surface area contributed by atoms with Gasteiger partial charge in [-0.1, -0.05) is 23.2 Å². The van der Waals surface area contributed by atoms with Crippen molar-refractivity contribution < 1.29 is 9.53 Å². The number of anilines is 1. The zero-order valence-corrected chi connectivity index (χ0v) is 14.4. The number of amides is 1. The van der Waals surface area contributed by atoms with Crippen LogP contribution in [0.15, 0.2) is 12.3 Å². The average Bonchev–Trinajstić information content (AvgIpc) is 2.36. The van der Waals surface area contributed by atoms with Crippen LogP contribution >= 0.6 is 48.0 Å². The van der Waals surface area contributed by atoms with E-state index in [2.05, 4.69) is 15.6 Å². The summed E-state index contributed by atoms with van der Waals surface area (Å²) in [5, 5.41) is 6.54. The fraction of sp³-hybridized carbons (Fsp3) is 0.455. The Morgan fingerprint density at radius 1 is 1.43 bits per heavy atom. The normalized spacial score (nSPS) is 10.9. The Balaban J connectivity index is 0. The number of halogens is 4. The van der Waals surface area contributed by atoms with Crippen LogP contribution in [0.25, 0.3) is 0 Å². The second-order valence-electron chi connectivity index (χ2n) is 3.76. The number of aromatic nitrogens is 1. The molecule has 0 aliphatic carbocycles. The molecular weight excluding hydrogens is 362 g/mol. The van der Waals surface area contributed by atoms with Crippen molar-refractivity contribution in [2.45, 2.75) is 6.04 Å². The molecule has 0 aromatic carbocycles. The van der Waals surface area contributed by atoms with Crippen molar-refractivity contribution in [3.63, 3.8) is 0 Å². The first kappa shape index (κ1) is 22.8. The lowest BCUT2D eigenvalue weighted by Crippen LogP contribution is -2.44. The smallest absolute Gasteiger partial charge is 0.239 e. The van der Waals surface area contributed by atoms with E-state index in [-0.39, 0.29) is 37.3 Å². The van der Waals surface area contributed by atoms with Crippen LogP contribution in [0.5, 0.6) is 0 Å². The van der Waals surface area contributed by atoms with E-state index >= 15 is 0 Å². The van der Waals surface area contributed by atoms with Gasteiger partial charge in [-0.2, -0.15) is 0 Å². The average molecular weight is 380 g/mol. The van der Waals surface area contributed by atoms with Gasteiger partial charge in [0.15, 0.2) is 0 Å². The molecule has 0 radical (unpaired) electrons. The molecule has 0 spiro atoms. The first-order chi connectivity index (χ1) is 9.04. The van der Waals surface area contributed by atoms with Gasteiger partial charge in [0.1, 0.15) is 11.9 Å². The molecule has 1 atom stereocenters. The summed E-state index contributed by atoms with van der Waals surface area (Å²) >= 11 is 11.7. The Bertz CT molecular complexity index is 437. The summed E-state index contributed by atoms with van der Waals surface area (Å²) in [6.45, 7) is 1.06. The molecule has 0 aliphatic heterocycles. The zero-order valence-electron chi connectivity index (χ0n) is 11.3. The maximum absolute atomic E-state index is 11.5. The Kier molecular flexibility index (Phi) is 13.1. The van der Waals surface area contributed by atoms with E-state index < -0.39 is 6.04 Å². The highest BCUT2D eigenvalue weighted by atomic mass is 35.5. The van der Waals surface area contributed by atoms with Gasteiger partial charge in [-0.3, -0.25) is 4.79 Å². The van der Waals surface area contributed by atoms with Crippen LogP contribution in [0.1, 0.15) is 0 Å². The summed E-state index contributed by atoms with van der Waals surface area (Å²) in [6, 6.07) is 0.924. The highest BCUT2D eigenvalue weighted by Gasteiger charge is 2.11. The summed E-state index contributed by atoms with van der Waals surface area (Å²) in [5.74, 6) is 0.250. The van der Waals surface area contributed by atoms with E-state index in [0.29, 0.717) is 29.0 Å². The molecule has 1 heterocycles. The maximum atomic E-state index is 11.5. The number of nitrogens with two attached hydrogens (primary N) is 1. The number of methoxy groups -OCH3 is 1. The number of hydrogen-bond donors (Lipinski definition) is 3. The maximum Gasteiger partial charge on any atom is 0.239 e. The second-order valence-corrected chi connectivity index (χ2v) is 4.61. The lowest BCUT2D eigenvalue weighted by Gasteiger charge is -2.12. The fourth-order valence-electron chi connectivity index (χ4n) is 1.30. The van der Waals surface area contributed by atoms with Crippen molar-refractivity contribution in [1.82, 2.24) is 10.3 Å². The second kappa shape index (κ2) is 12.1. The van der Waals surface area contributed by atoms with Crippen LogP contribution in [0, 0.1) is 0 Å². The molecule has 10 heteroatoms. The molecule has 1 amide bonds. The molecular formula is C11H18Cl4N4O2. The van der Waals surface area contributed by atoms with Crippen molar-refractivity contribution in [1.29, 1.82) is 0 Å². The molecule has 0 saturated heterocycles. The fourth-order valence-corrected chi connectivity index (χ4v) is 1.74. The minimum absolute atomic E-state index is 0. The minimum atomic E-state index is -0.665. The van der Waals surface area contributed by atoms with Crippen molar-refractivity contribution in [3.05, 3.63) is 22.3 Å². The summed E-state index contributed by atoms with van der Waals surface area (Å²) in [4.78, 5) is 15.5. The number of nitrogens with zero attached hydrogens (tertiary/aromatic N) is 1. The van der Waals surface area contributed by atoms with Gasteiger partial charge in [-0.05, 0) is 6.07 Å². The monoisotopic (exact) mass is 378 g/mol. The highest BCUT2D eigenvalue weighted by molar-refractivity contribution is 6.35. The summed E-state index contributed by atoms with van der Waals surface area (Å²) in [7, 11) is 1.49. The van der Waals surface area contributed by atoms with Gasteiger partial charge in [0.05, 0.1) is 16.7 Å². The predicted molar refractivity (Wildman–Crippen MR) is 90.1 cm³/mol. The summed E-state index contributed by atoms with van der Waals surface area (Å²) in [5.41, 5.74) is 5.56. The summed E-state index contributed by atoms with van der Waals surface area (Å²) in [6.07, 6.45) is 1.49. The van der Waals surface area contributed by atoms with Crippen LogP contribution < -0.4 is 16.4 Å². The lowest BCUT2D eigenvalue weighted by molar-refractivity contribution is -0.123. The SMILES string of the molecule is COCC(N)C(=O)NCCNc1ncc(Cl)cc1Cl.Cl.Cl. The Morgan fingerprint density at radius 2 is 2.10 bits per heavy atom. The van der Waals surface area contributed by atoms with Gasteiger partial charge in [-0.25, -0.2) is 4.98 Å². The standard InChI is InChI=1S/C11H16Cl2N4O2.2ClH/c1-19-6-9(14)11(18)16-3-2-15-10-8(13)4-7(12)5-17-10;;/h4-5,9H,2-3,6,14H2,1H3,(H,15,17)(H,16,18);2*1H. The molecule has 1 aromatic rings. The predicted octanol–water partition coefficient (Wildman–Crippen LogP) is 1.73. The quantitative estimate of drug-likeness (QED) is 0.628. The molecule has 1 rings (SSSR count). The van der Waals surface area contributed by atoms with E-state index in [1.807, 2.05) is 0 Å². The van der Waals surface area contributed by atoms with Gasteiger partial charge < -0.3 is 21.1 Å². The molecule has 0 fully saturated rings. The third kappa shape index (κ3) is 8.50. The van der Waals surface area contributed by atoms with E-state index in [1.54, 1.807) is 6.07 Å². The van der Waals surface area contributed by atoms with Crippen LogP contribution in [0.2, 0.25) is 10.0 Å². The summed E-state index contributed by atoms with van der Waals surface area (Å²) < 4.78 is 4.79. The molecule has 122 valence electrons. The van der Waals surface area contributed by atoms with Crippen molar-refractivity contribution >= 4 is 59.7 Å². The van der Waals surface area contributed by atoms with Gasteiger partial charge in [0.2, 0.25) is 5.91 Å². The number of hydrogen-bond acceptors (Lipinski definition) is 5. The number of carbonyl (C=O) groups is 1. The van der Waals surface area contributed by atoms with Gasteiger partial charge in [0, 0.05) is 26.4 Å². The van der Waals surface area contributed by atoms with Crippen LogP contribution in [0.4, 0.5) is 5.82 Å². The Hall–Kier alpha value is -0.500. The first-order valence-electron chi connectivity index (χ1n) is 5.61. The number of carbonyl (C=O) groups excluding carboxylic acids is 1. The molecule has 0 saturated carbocycles. The van der Waals surface area contributed by atoms with Gasteiger partial charge in [-0.15, -0.1) is 24.8 Å². The number of pyridine rings is 1. The third-order valence-electron chi connectivity index (χ3n) is 2.21. The topological polar surface area (TPSA) is 89.3 Å². The molecule has 21 heavy (non-hydrogen) atoms. The van der Waals surface area contributed by atoms with E-state index in [0.717, 1.165) is 0 Å². The first-order valence-corrected chi connectivity index (χ1v) is 6.37. The lowest BCUT2D eigenvalue weighted by atomic mass is 10.3. The van der Waals surface area contributed by atoms with Crippen LogP contribution in [0.3, 0.4) is 0 Å². The van der Waals surface area contributed by atoms with Gasteiger partial charge in [0.25, 0.3) is 0 Å². The van der Waals surface area contributed by atoms with E-state index in [9.17, 15) is 4.79 Å². The van der Waals surface area contributed by atoms with E-state index in [4.69, 9.17) is 33.7 Å². The Labute approximate surface area is 145 Å².